The van der Waals surface area contributed by atoms with Crippen molar-refractivity contribution in [3.8, 4) is 0 Å². The maximum atomic E-state index is 12.1. The highest BCUT2D eigenvalue weighted by Gasteiger charge is 2.32. The van der Waals surface area contributed by atoms with E-state index in [1.54, 1.807) is 27.2 Å². The smallest absolute Gasteiger partial charge is 0.315 e. The molecule has 0 aromatic heterocycles. The number of rotatable bonds is 13. The minimum Gasteiger partial charge on any atom is -0.468 e. The Hall–Kier alpha value is -0.990. The molecule has 1 aliphatic heterocycles. The third-order valence-corrected chi connectivity index (χ3v) is 4.76. The summed E-state index contributed by atoms with van der Waals surface area (Å²) in [6.45, 7) is 2.42. The van der Waals surface area contributed by atoms with Crippen molar-refractivity contribution in [1.29, 1.82) is 0 Å². The van der Waals surface area contributed by atoms with Crippen LogP contribution in [-0.4, -0.2) is 63.8 Å². The molecule has 0 amide bonds. The summed E-state index contributed by atoms with van der Waals surface area (Å²) in [6, 6.07) is 0. The van der Waals surface area contributed by atoms with Crippen molar-refractivity contribution >= 4 is 5.97 Å². The van der Waals surface area contributed by atoms with Gasteiger partial charge in [0.2, 0.25) is 0 Å². The Morgan fingerprint density at radius 1 is 1.22 bits per heavy atom. The molecule has 1 N–H and O–H groups in total. The Kier molecular flexibility index (Phi) is 12.5. The Labute approximate surface area is 163 Å². The summed E-state index contributed by atoms with van der Waals surface area (Å²) < 4.78 is 26.5. The van der Waals surface area contributed by atoms with Crippen molar-refractivity contribution in [2.24, 2.45) is 5.92 Å². The minimum atomic E-state index is -0.995. The fourth-order valence-electron chi connectivity index (χ4n) is 3.05. The van der Waals surface area contributed by atoms with Crippen LogP contribution in [0.25, 0.3) is 0 Å². The zero-order valence-corrected chi connectivity index (χ0v) is 17.1. The Morgan fingerprint density at radius 2 is 1.96 bits per heavy atom. The number of aliphatic hydroxyl groups excluding tert-OH is 1. The van der Waals surface area contributed by atoms with E-state index in [-0.39, 0.29) is 12.6 Å². The lowest BCUT2D eigenvalue weighted by atomic mass is 9.97. The zero-order valence-electron chi connectivity index (χ0n) is 17.1. The zero-order chi connectivity index (χ0) is 20.1. The first-order valence-electron chi connectivity index (χ1n) is 9.78. The Bertz CT molecular complexity index is 417. The molecule has 0 saturated carbocycles. The van der Waals surface area contributed by atoms with Crippen LogP contribution in [0.3, 0.4) is 0 Å². The molecule has 0 spiro atoms. The maximum Gasteiger partial charge on any atom is 0.315 e. The van der Waals surface area contributed by atoms with Crippen LogP contribution in [-0.2, 0) is 28.5 Å². The molecule has 3 unspecified atom stereocenters. The van der Waals surface area contributed by atoms with Crippen LogP contribution in [0.4, 0.5) is 0 Å². The van der Waals surface area contributed by atoms with Crippen molar-refractivity contribution in [1.82, 2.24) is 0 Å². The van der Waals surface area contributed by atoms with Crippen LogP contribution in [0.1, 0.15) is 51.9 Å². The number of hydrogen-bond acceptors (Lipinski definition) is 7. The molecule has 1 fully saturated rings. The van der Waals surface area contributed by atoms with Gasteiger partial charge in [0.05, 0.1) is 19.3 Å². The number of ether oxygens (including phenoxy) is 5. The third-order valence-electron chi connectivity index (χ3n) is 4.76. The van der Waals surface area contributed by atoms with Crippen molar-refractivity contribution in [2.75, 3.05) is 27.9 Å². The number of methoxy groups -OCH3 is 3. The van der Waals surface area contributed by atoms with Gasteiger partial charge in [-0.3, -0.25) is 4.79 Å². The lowest BCUT2D eigenvalue weighted by Crippen LogP contribution is -2.40. The second-order valence-corrected chi connectivity index (χ2v) is 6.79. The topological polar surface area (TPSA) is 83.5 Å². The standard InChI is InChI=1S/C20H36O7/c1-15(27-18-13-9-10-14-26-18)19(21)16(20(22)25-4)11-7-5-6-8-12-17(23-2)24-3/h7,11,15-19,21H,5-6,8-10,12-14H2,1-4H3/b11-7+/t15-,16?,18?,19?/m0/s1. The van der Waals surface area contributed by atoms with Crippen LogP contribution in [0.2, 0.25) is 0 Å². The molecule has 0 bridgehead atoms. The highest BCUT2D eigenvalue weighted by atomic mass is 16.7. The fourth-order valence-corrected chi connectivity index (χ4v) is 3.05. The van der Waals surface area contributed by atoms with Gasteiger partial charge in [-0.15, -0.1) is 0 Å². The molecule has 158 valence electrons. The molecule has 1 rings (SSSR count). The van der Waals surface area contributed by atoms with Gasteiger partial charge in [0.15, 0.2) is 12.6 Å². The van der Waals surface area contributed by atoms with Crippen molar-refractivity contribution < 1.29 is 33.6 Å². The van der Waals surface area contributed by atoms with Crippen molar-refractivity contribution in [3.05, 3.63) is 12.2 Å². The lowest BCUT2D eigenvalue weighted by molar-refractivity contribution is -0.207. The van der Waals surface area contributed by atoms with Crippen LogP contribution in [0, 0.1) is 5.92 Å². The SMILES string of the molecule is COC(=O)C(/C=C/CCCCC(OC)OC)C(O)[C@H](C)OC1CCCCO1. The van der Waals surface area contributed by atoms with Gasteiger partial charge in [-0.2, -0.15) is 0 Å². The van der Waals surface area contributed by atoms with Gasteiger partial charge in [-0.05, 0) is 51.9 Å². The number of allylic oxidation sites excluding steroid dienone is 1. The summed E-state index contributed by atoms with van der Waals surface area (Å²) in [6.07, 6.45) is 7.95. The van der Waals surface area contributed by atoms with Gasteiger partial charge in [0.1, 0.15) is 5.92 Å². The van der Waals surface area contributed by atoms with E-state index in [4.69, 9.17) is 23.7 Å². The number of aliphatic hydroxyl groups is 1. The number of carbonyl (C=O) groups is 1. The van der Waals surface area contributed by atoms with E-state index in [9.17, 15) is 9.90 Å². The Morgan fingerprint density at radius 3 is 2.56 bits per heavy atom. The molecular formula is C20H36O7. The lowest BCUT2D eigenvalue weighted by Gasteiger charge is -2.30. The summed E-state index contributed by atoms with van der Waals surface area (Å²) >= 11 is 0. The summed E-state index contributed by atoms with van der Waals surface area (Å²) in [5, 5.41) is 10.6. The second kappa shape index (κ2) is 14.1. The van der Waals surface area contributed by atoms with Gasteiger partial charge in [0, 0.05) is 20.8 Å². The third kappa shape index (κ3) is 9.17. The average molecular weight is 389 g/mol. The molecule has 1 saturated heterocycles. The van der Waals surface area contributed by atoms with Crippen molar-refractivity contribution in [2.45, 2.75) is 76.7 Å². The molecule has 0 radical (unpaired) electrons. The maximum absolute atomic E-state index is 12.1. The molecule has 0 aliphatic carbocycles. The van der Waals surface area contributed by atoms with Crippen LogP contribution >= 0.6 is 0 Å². The van der Waals surface area contributed by atoms with Gasteiger partial charge in [0.25, 0.3) is 0 Å². The molecule has 4 atom stereocenters. The molecule has 7 heteroatoms. The van der Waals surface area contributed by atoms with Gasteiger partial charge >= 0.3 is 5.97 Å². The number of unbranched alkanes of at least 4 members (excludes halogenated alkanes) is 2. The van der Waals surface area contributed by atoms with Gasteiger partial charge < -0.3 is 28.8 Å². The fraction of sp³-hybridized carbons (Fsp3) is 0.850. The normalized spacial score (nSPS) is 21.3. The average Bonchev–Trinajstić information content (AvgIpc) is 2.70. The highest BCUT2D eigenvalue weighted by Crippen LogP contribution is 2.21. The quantitative estimate of drug-likeness (QED) is 0.225. The molecular weight excluding hydrogens is 352 g/mol. The highest BCUT2D eigenvalue weighted by molar-refractivity contribution is 5.75. The molecule has 7 nitrogen and oxygen atoms in total. The summed E-state index contributed by atoms with van der Waals surface area (Å²) in [4.78, 5) is 12.1. The van der Waals surface area contributed by atoms with E-state index in [2.05, 4.69) is 0 Å². The second-order valence-electron chi connectivity index (χ2n) is 6.79. The van der Waals surface area contributed by atoms with E-state index in [0.29, 0.717) is 6.61 Å². The predicted octanol–water partition coefficient (Wildman–Crippen LogP) is 2.80. The predicted molar refractivity (Wildman–Crippen MR) is 101 cm³/mol. The first-order chi connectivity index (χ1) is 13.0. The minimum absolute atomic E-state index is 0.182. The molecule has 1 heterocycles. The van der Waals surface area contributed by atoms with Crippen molar-refractivity contribution in [3.63, 3.8) is 0 Å². The van der Waals surface area contributed by atoms with Crippen LogP contribution < -0.4 is 0 Å². The van der Waals surface area contributed by atoms with Crippen LogP contribution in [0.5, 0.6) is 0 Å². The van der Waals surface area contributed by atoms with E-state index in [1.807, 2.05) is 6.08 Å². The molecule has 1 aliphatic rings. The largest absolute Gasteiger partial charge is 0.468 e. The number of esters is 1. The monoisotopic (exact) mass is 388 g/mol. The summed E-state index contributed by atoms with van der Waals surface area (Å²) in [5.41, 5.74) is 0. The van der Waals surface area contributed by atoms with E-state index in [0.717, 1.165) is 44.9 Å². The molecule has 27 heavy (non-hydrogen) atoms. The van der Waals surface area contributed by atoms with E-state index in [1.165, 1.54) is 7.11 Å². The molecule has 0 aromatic carbocycles. The number of hydrogen-bond donors (Lipinski definition) is 1. The molecule has 0 aromatic rings. The van der Waals surface area contributed by atoms with Gasteiger partial charge in [-0.25, -0.2) is 0 Å². The summed E-state index contributed by atoms with van der Waals surface area (Å²) in [5.74, 6) is -1.24. The summed E-state index contributed by atoms with van der Waals surface area (Å²) in [7, 11) is 4.57. The first kappa shape index (κ1) is 24.0. The Balaban J connectivity index is 2.46. The van der Waals surface area contributed by atoms with E-state index < -0.39 is 24.1 Å². The number of carbonyl (C=O) groups excluding carboxylic acids is 1. The first-order valence-corrected chi connectivity index (χ1v) is 9.78. The van der Waals surface area contributed by atoms with E-state index >= 15 is 0 Å². The van der Waals surface area contributed by atoms with Gasteiger partial charge in [-0.1, -0.05) is 12.2 Å². The van der Waals surface area contributed by atoms with Crippen LogP contribution in [0.15, 0.2) is 12.2 Å².